The number of carbonyl (C=O) groups excluding carboxylic acids is 1. The van der Waals surface area contributed by atoms with Gasteiger partial charge in [-0.2, -0.15) is 74.6 Å². The molecule has 3 nitrogen and oxygen atoms in total. The van der Waals surface area contributed by atoms with Crippen LogP contribution in [0.4, 0.5) is 74.6 Å². The van der Waals surface area contributed by atoms with E-state index in [0.29, 0.717) is 19.2 Å². The van der Waals surface area contributed by atoms with Crippen molar-refractivity contribution in [1.29, 1.82) is 0 Å². The van der Waals surface area contributed by atoms with Crippen molar-refractivity contribution in [1.82, 2.24) is 0 Å². The molecule has 1 rings (SSSR count). The zero-order valence-electron chi connectivity index (χ0n) is 17.8. The molecule has 1 unspecified atom stereocenters. The second-order valence-corrected chi connectivity index (χ2v) is 7.45. The molecular weight excluding hydrogens is 587 g/mol. The molecule has 220 valence electrons. The monoisotopic (exact) mass is 598 g/mol. The number of methoxy groups -OCH3 is 1. The predicted molar refractivity (Wildman–Crippen MR) is 88.0 cm³/mol. The first-order chi connectivity index (χ1) is 16.6. The van der Waals surface area contributed by atoms with Gasteiger partial charge in [0.05, 0.1) is 18.8 Å². The van der Waals surface area contributed by atoms with Gasteiger partial charge in [0.15, 0.2) is 0 Å². The van der Waals surface area contributed by atoms with E-state index in [4.69, 9.17) is 0 Å². The summed E-state index contributed by atoms with van der Waals surface area (Å²) < 4.78 is 230. The summed E-state index contributed by atoms with van der Waals surface area (Å²) >= 11 is 0. The maximum atomic E-state index is 14.1. The normalized spacial score (nSPS) is 15.9. The first-order valence-corrected chi connectivity index (χ1v) is 9.17. The van der Waals surface area contributed by atoms with E-state index >= 15 is 0 Å². The molecule has 1 atom stereocenters. The smallest absolute Gasteiger partial charge is 0.460 e. The van der Waals surface area contributed by atoms with Crippen LogP contribution < -0.4 is 0 Å². The molecule has 1 N–H and O–H groups in total. The number of rotatable bonds is 10. The van der Waals surface area contributed by atoms with E-state index in [2.05, 4.69) is 4.74 Å². The summed E-state index contributed by atoms with van der Waals surface area (Å²) in [5, 5.41) is 9.75. The van der Waals surface area contributed by atoms with Crippen molar-refractivity contribution in [2.75, 3.05) is 7.11 Å². The number of carbonyl (C=O) groups is 1. The molecule has 1 aromatic rings. The standard InChI is InChI=1S/C18H11F17O3/c1-38-10(37)8-5-3-2-4-7(8)9(36)6-11(19,20)12(21,22)13(23,24)14(25,26)15(27,28)16(29,30)17(31,32)18(33,34)35/h2-5,9,36H,6H2,1H3. The van der Waals surface area contributed by atoms with Crippen molar-refractivity contribution < 1.29 is 89.3 Å². The van der Waals surface area contributed by atoms with Crippen LogP contribution in [0.25, 0.3) is 0 Å². The van der Waals surface area contributed by atoms with Crippen LogP contribution in [-0.2, 0) is 4.74 Å². The lowest BCUT2D eigenvalue weighted by molar-refractivity contribution is -0.462. The Labute approximate surface area is 199 Å². The van der Waals surface area contributed by atoms with Crippen LogP contribution >= 0.6 is 0 Å². The number of aliphatic hydroxyl groups is 1. The maximum absolute atomic E-state index is 14.1. The number of alkyl halides is 17. The maximum Gasteiger partial charge on any atom is 0.460 e. The van der Waals surface area contributed by atoms with Gasteiger partial charge in [0.2, 0.25) is 0 Å². The van der Waals surface area contributed by atoms with Gasteiger partial charge in [-0.3, -0.25) is 0 Å². The van der Waals surface area contributed by atoms with Gasteiger partial charge < -0.3 is 9.84 Å². The molecule has 0 aromatic heterocycles. The zero-order valence-corrected chi connectivity index (χ0v) is 17.8. The number of ether oxygens (including phenoxy) is 1. The summed E-state index contributed by atoms with van der Waals surface area (Å²) in [6.45, 7) is 0. The van der Waals surface area contributed by atoms with Crippen LogP contribution in [-0.4, -0.2) is 65.8 Å². The molecule has 0 heterocycles. The summed E-state index contributed by atoms with van der Waals surface area (Å²) in [5.74, 6) is -59.0. The minimum Gasteiger partial charge on any atom is -0.465 e. The third-order valence-corrected chi connectivity index (χ3v) is 4.96. The third-order valence-electron chi connectivity index (χ3n) is 4.96. The Morgan fingerprint density at radius 3 is 1.45 bits per heavy atom. The lowest BCUT2D eigenvalue weighted by Crippen LogP contribution is -2.74. The van der Waals surface area contributed by atoms with Crippen molar-refractivity contribution in [2.24, 2.45) is 0 Å². The molecule has 0 fully saturated rings. The molecule has 0 bridgehead atoms. The highest BCUT2D eigenvalue weighted by Crippen LogP contribution is 2.64. The van der Waals surface area contributed by atoms with Gasteiger partial charge in [-0.25, -0.2) is 4.79 Å². The Hall–Kier alpha value is -2.54. The molecule has 0 aliphatic heterocycles. The minimum atomic E-state index is -8.74. The second-order valence-electron chi connectivity index (χ2n) is 7.45. The Bertz CT molecular complexity index is 1020. The summed E-state index contributed by atoms with van der Waals surface area (Å²) in [5.41, 5.74) is -1.99. The molecule has 0 aliphatic carbocycles. The van der Waals surface area contributed by atoms with E-state index in [1.165, 1.54) is 0 Å². The van der Waals surface area contributed by atoms with Crippen molar-refractivity contribution >= 4 is 5.97 Å². The molecule has 0 amide bonds. The second kappa shape index (κ2) is 9.58. The molecule has 0 saturated carbocycles. The Morgan fingerprint density at radius 1 is 0.684 bits per heavy atom. The fourth-order valence-corrected chi connectivity index (χ4v) is 2.76. The first-order valence-electron chi connectivity index (χ1n) is 9.17. The van der Waals surface area contributed by atoms with Crippen LogP contribution in [0.1, 0.15) is 28.4 Å². The number of hydrogen-bond acceptors (Lipinski definition) is 3. The molecule has 0 radical (unpaired) electrons. The molecule has 0 spiro atoms. The topological polar surface area (TPSA) is 46.5 Å². The van der Waals surface area contributed by atoms with E-state index in [-0.39, 0.29) is 0 Å². The molecule has 38 heavy (non-hydrogen) atoms. The largest absolute Gasteiger partial charge is 0.465 e. The van der Waals surface area contributed by atoms with E-state index in [9.17, 15) is 84.5 Å². The summed E-state index contributed by atoms with van der Waals surface area (Å²) in [4.78, 5) is 11.6. The predicted octanol–water partition coefficient (Wildman–Crippen LogP) is 6.91. The van der Waals surface area contributed by atoms with Crippen LogP contribution in [0.5, 0.6) is 0 Å². The van der Waals surface area contributed by atoms with Crippen molar-refractivity contribution in [3.8, 4) is 0 Å². The lowest BCUT2D eigenvalue weighted by atomic mass is 9.86. The fourth-order valence-electron chi connectivity index (χ4n) is 2.76. The average Bonchev–Trinajstić information content (AvgIpc) is 2.76. The van der Waals surface area contributed by atoms with Crippen molar-refractivity contribution in [3.05, 3.63) is 35.4 Å². The molecule has 20 heteroatoms. The van der Waals surface area contributed by atoms with E-state index in [0.717, 1.165) is 12.1 Å². The Balaban J connectivity index is 3.59. The average molecular weight is 598 g/mol. The summed E-state index contributed by atoms with van der Waals surface area (Å²) in [6, 6.07) is 3.00. The van der Waals surface area contributed by atoms with Gasteiger partial charge in [0, 0.05) is 6.42 Å². The quantitative estimate of drug-likeness (QED) is 0.236. The van der Waals surface area contributed by atoms with Crippen LogP contribution in [0, 0.1) is 0 Å². The van der Waals surface area contributed by atoms with E-state index in [1.807, 2.05) is 0 Å². The van der Waals surface area contributed by atoms with Gasteiger partial charge in [-0.15, -0.1) is 0 Å². The van der Waals surface area contributed by atoms with Crippen LogP contribution in [0.3, 0.4) is 0 Å². The number of esters is 1. The Morgan fingerprint density at radius 2 is 1.05 bits per heavy atom. The first kappa shape index (κ1) is 33.5. The summed E-state index contributed by atoms with van der Waals surface area (Å²) in [6.07, 6.45) is -14.2. The molecular formula is C18H11F17O3. The zero-order chi connectivity index (χ0) is 30.6. The van der Waals surface area contributed by atoms with Crippen molar-refractivity contribution in [3.63, 3.8) is 0 Å². The number of aliphatic hydroxyl groups excluding tert-OH is 1. The van der Waals surface area contributed by atoms with Gasteiger partial charge in [-0.05, 0) is 11.6 Å². The van der Waals surface area contributed by atoms with E-state index < -0.39 is 77.3 Å². The van der Waals surface area contributed by atoms with E-state index in [1.54, 1.807) is 0 Å². The third kappa shape index (κ3) is 4.72. The number of halogens is 17. The highest BCUT2D eigenvalue weighted by Gasteiger charge is 2.95. The highest BCUT2D eigenvalue weighted by atomic mass is 19.4. The Kier molecular flexibility index (Phi) is 8.44. The minimum absolute atomic E-state index is 0.520. The lowest BCUT2D eigenvalue weighted by Gasteiger charge is -2.43. The highest BCUT2D eigenvalue weighted by molar-refractivity contribution is 5.91. The van der Waals surface area contributed by atoms with Gasteiger partial charge in [-0.1, -0.05) is 18.2 Å². The molecule has 0 aliphatic rings. The van der Waals surface area contributed by atoms with Crippen molar-refractivity contribution in [2.45, 2.75) is 60.2 Å². The van der Waals surface area contributed by atoms with Crippen LogP contribution in [0.2, 0.25) is 0 Å². The molecule has 1 aromatic carbocycles. The van der Waals surface area contributed by atoms with Crippen LogP contribution in [0.15, 0.2) is 24.3 Å². The SMILES string of the molecule is COC(=O)c1ccccc1C(O)CC(F)(F)C(F)(F)C(F)(F)C(F)(F)C(F)(F)C(F)(F)C(F)(F)C(F)(F)F. The van der Waals surface area contributed by atoms with Gasteiger partial charge >= 0.3 is 53.6 Å². The summed E-state index contributed by atoms with van der Waals surface area (Å²) in [7, 11) is 0.676. The number of benzene rings is 1. The number of hydrogen-bond donors (Lipinski definition) is 1. The fraction of sp³-hybridized carbons (Fsp3) is 0.611. The molecule has 0 saturated heterocycles. The van der Waals surface area contributed by atoms with Gasteiger partial charge in [0.25, 0.3) is 0 Å². The van der Waals surface area contributed by atoms with Gasteiger partial charge in [0.1, 0.15) is 0 Å².